The van der Waals surface area contributed by atoms with E-state index in [0.29, 0.717) is 25.7 Å². The first-order valence-corrected chi connectivity index (χ1v) is 30.2. The number of hydrogen-bond acceptors (Lipinski definition) is 11. The predicted octanol–water partition coefficient (Wildman–Crippen LogP) is 15.7. The molecule has 12 nitrogen and oxygen atoms in total. The van der Waals surface area contributed by atoms with Crippen molar-refractivity contribution in [3.8, 4) is 0 Å². The van der Waals surface area contributed by atoms with Crippen LogP contribution in [0.2, 0.25) is 0 Å². The van der Waals surface area contributed by atoms with Gasteiger partial charge < -0.3 is 39.0 Å². The standard InChI is InChI=1S/C65H106O12/c1-4-7-10-13-16-19-22-25-27-28-29-30-32-35-38-41-44-47-50-53-59(68)76-63-61(70)60(69)62(64(71)72)77-65(63)74-55-56(75-58(67)52-49-46-43-40-37-33-24-21-18-15-12-9-6-3)54-73-57(66)51-48-45-42-39-36-34-31-26-23-20-17-14-11-8-5-2/h8-9,11-12,17-18,20-21,25-27,31,33,37,43,46,56,60-63,65,69-70H,4-7,10,13-16,19,22-24,28-30,32,34-36,38-42,44-45,47-55H2,1-3H3,(H,71,72)/b11-8-,12-9-,20-17-,21-18-,27-25-,31-26-,37-33-,46-43-. The van der Waals surface area contributed by atoms with Gasteiger partial charge in [0.1, 0.15) is 18.8 Å². The van der Waals surface area contributed by atoms with Crippen molar-refractivity contribution < 1.29 is 58.2 Å². The lowest BCUT2D eigenvalue weighted by Crippen LogP contribution is -2.61. The topological polar surface area (TPSA) is 175 Å². The van der Waals surface area contributed by atoms with Crippen molar-refractivity contribution in [3.05, 3.63) is 97.2 Å². The highest BCUT2D eigenvalue weighted by Crippen LogP contribution is 2.26. The van der Waals surface area contributed by atoms with E-state index in [2.05, 4.69) is 106 Å². The second-order valence-corrected chi connectivity index (χ2v) is 20.2. The average molecular weight is 1080 g/mol. The van der Waals surface area contributed by atoms with Crippen LogP contribution >= 0.6 is 0 Å². The monoisotopic (exact) mass is 1080 g/mol. The molecular formula is C65H106O12. The molecule has 1 fully saturated rings. The Bertz CT molecular complexity index is 1710. The van der Waals surface area contributed by atoms with Crippen LogP contribution in [0.25, 0.3) is 0 Å². The molecule has 438 valence electrons. The van der Waals surface area contributed by atoms with E-state index in [1.165, 1.54) is 70.6 Å². The Hall–Kier alpha value is -4.36. The fourth-order valence-corrected chi connectivity index (χ4v) is 8.57. The molecule has 1 heterocycles. The average Bonchev–Trinajstić information content (AvgIpc) is 3.42. The third-order valence-electron chi connectivity index (χ3n) is 13.1. The fourth-order valence-electron chi connectivity index (χ4n) is 8.57. The van der Waals surface area contributed by atoms with Crippen LogP contribution in [0, 0.1) is 0 Å². The maximum atomic E-state index is 13.1. The van der Waals surface area contributed by atoms with Crippen LogP contribution in [0.5, 0.6) is 0 Å². The maximum absolute atomic E-state index is 13.1. The zero-order valence-corrected chi connectivity index (χ0v) is 48.2. The summed E-state index contributed by atoms with van der Waals surface area (Å²) >= 11 is 0. The van der Waals surface area contributed by atoms with Crippen LogP contribution in [0.3, 0.4) is 0 Å². The van der Waals surface area contributed by atoms with Gasteiger partial charge in [0.2, 0.25) is 0 Å². The molecule has 0 aromatic carbocycles. The minimum absolute atomic E-state index is 0.0338. The number of unbranched alkanes of at least 4 members (excludes halogenated alkanes) is 20. The van der Waals surface area contributed by atoms with Crippen molar-refractivity contribution in [1.82, 2.24) is 0 Å². The largest absolute Gasteiger partial charge is 0.479 e. The Kier molecular flexibility index (Phi) is 48.0. The van der Waals surface area contributed by atoms with Crippen molar-refractivity contribution in [2.75, 3.05) is 13.2 Å². The Morgan fingerprint density at radius 3 is 1.31 bits per heavy atom. The SMILES string of the molecule is CC/C=C\C/C=C\C/C=C\C/C=C\CCC(=O)OC(COC(=O)CCCCCCC/C=C\C/C=C\C/C=C\CC)COC1OC(C(=O)O)C(O)C(O)C1OC(=O)CCCCCCCCCCC/C=C\CCCCCCCC. The van der Waals surface area contributed by atoms with Gasteiger partial charge in [0.25, 0.3) is 0 Å². The van der Waals surface area contributed by atoms with Gasteiger partial charge in [-0.25, -0.2) is 4.79 Å². The van der Waals surface area contributed by atoms with E-state index in [-0.39, 0.29) is 25.9 Å². The Morgan fingerprint density at radius 2 is 0.844 bits per heavy atom. The second-order valence-electron chi connectivity index (χ2n) is 20.2. The van der Waals surface area contributed by atoms with E-state index in [9.17, 15) is 34.5 Å². The highest BCUT2D eigenvalue weighted by atomic mass is 16.7. The Morgan fingerprint density at radius 1 is 0.442 bits per heavy atom. The lowest BCUT2D eigenvalue weighted by Gasteiger charge is -2.40. The van der Waals surface area contributed by atoms with Gasteiger partial charge in [0.15, 0.2) is 24.6 Å². The molecule has 1 rings (SSSR count). The number of aliphatic hydroxyl groups excluding tert-OH is 2. The second kappa shape index (κ2) is 52.3. The lowest BCUT2D eigenvalue weighted by atomic mass is 9.98. The van der Waals surface area contributed by atoms with Crippen LogP contribution in [-0.2, 0) is 42.9 Å². The fraction of sp³-hybridized carbons (Fsp3) is 0.692. The molecule has 0 bridgehead atoms. The molecule has 12 heteroatoms. The molecule has 0 aromatic rings. The number of aliphatic carboxylic acids is 1. The van der Waals surface area contributed by atoms with Crippen molar-refractivity contribution in [3.63, 3.8) is 0 Å². The number of rotatable bonds is 50. The summed E-state index contributed by atoms with van der Waals surface area (Å²) in [5, 5.41) is 31.5. The molecule has 0 saturated carbocycles. The number of ether oxygens (including phenoxy) is 5. The molecule has 1 aliphatic rings. The summed E-state index contributed by atoms with van der Waals surface area (Å²) in [6.07, 6.45) is 56.8. The minimum atomic E-state index is -1.92. The highest BCUT2D eigenvalue weighted by Gasteiger charge is 2.50. The van der Waals surface area contributed by atoms with Gasteiger partial charge in [-0.15, -0.1) is 0 Å². The highest BCUT2D eigenvalue weighted by molar-refractivity contribution is 5.74. The number of hydrogen-bond donors (Lipinski definition) is 3. The van der Waals surface area contributed by atoms with Gasteiger partial charge in [-0.2, -0.15) is 0 Å². The van der Waals surface area contributed by atoms with Crippen LogP contribution < -0.4 is 0 Å². The molecule has 0 radical (unpaired) electrons. The molecule has 3 N–H and O–H groups in total. The van der Waals surface area contributed by atoms with Crippen LogP contribution in [-0.4, -0.2) is 89.2 Å². The third kappa shape index (κ3) is 42.3. The number of carbonyl (C=O) groups excluding carboxylic acids is 3. The Balaban J connectivity index is 2.70. The smallest absolute Gasteiger partial charge is 0.335 e. The molecule has 0 amide bonds. The van der Waals surface area contributed by atoms with Gasteiger partial charge in [-0.1, -0.05) is 214 Å². The molecular weight excluding hydrogens is 973 g/mol. The lowest BCUT2D eigenvalue weighted by molar-refractivity contribution is -0.301. The Labute approximate surface area is 466 Å². The van der Waals surface area contributed by atoms with Crippen molar-refractivity contribution in [2.45, 2.75) is 276 Å². The van der Waals surface area contributed by atoms with E-state index in [0.717, 1.165) is 103 Å². The molecule has 77 heavy (non-hydrogen) atoms. The van der Waals surface area contributed by atoms with Gasteiger partial charge >= 0.3 is 23.9 Å². The van der Waals surface area contributed by atoms with E-state index in [1.807, 2.05) is 12.2 Å². The zero-order chi connectivity index (χ0) is 56.1. The molecule has 1 saturated heterocycles. The maximum Gasteiger partial charge on any atom is 0.335 e. The zero-order valence-electron chi connectivity index (χ0n) is 48.2. The molecule has 1 aliphatic heterocycles. The number of allylic oxidation sites excluding steroid dienone is 16. The molecule has 0 aliphatic carbocycles. The van der Waals surface area contributed by atoms with E-state index in [4.69, 9.17) is 23.7 Å². The quantitative estimate of drug-likeness (QED) is 0.0228. The van der Waals surface area contributed by atoms with Gasteiger partial charge in [-0.3, -0.25) is 14.4 Å². The van der Waals surface area contributed by atoms with E-state index < -0.39 is 67.3 Å². The minimum Gasteiger partial charge on any atom is -0.479 e. The van der Waals surface area contributed by atoms with Gasteiger partial charge in [0.05, 0.1) is 6.61 Å². The molecule has 6 unspecified atom stereocenters. The summed E-state index contributed by atoms with van der Waals surface area (Å²) in [5.41, 5.74) is 0. The molecule has 0 aromatic heterocycles. The number of carboxylic acid groups (broad SMARTS) is 1. The van der Waals surface area contributed by atoms with E-state index in [1.54, 1.807) is 0 Å². The number of aliphatic hydroxyl groups is 2. The first kappa shape index (κ1) is 70.7. The van der Waals surface area contributed by atoms with Crippen LogP contribution in [0.4, 0.5) is 0 Å². The summed E-state index contributed by atoms with van der Waals surface area (Å²) in [6.45, 7) is 5.68. The van der Waals surface area contributed by atoms with Gasteiger partial charge in [-0.05, 0) is 103 Å². The summed E-state index contributed by atoms with van der Waals surface area (Å²) in [4.78, 5) is 51.1. The summed E-state index contributed by atoms with van der Waals surface area (Å²) in [5.74, 6) is -3.26. The number of carbonyl (C=O) groups is 4. The predicted molar refractivity (Wildman–Crippen MR) is 312 cm³/mol. The van der Waals surface area contributed by atoms with Crippen LogP contribution in [0.1, 0.15) is 239 Å². The summed E-state index contributed by atoms with van der Waals surface area (Å²) in [6, 6.07) is 0. The number of carboxylic acids is 1. The summed E-state index contributed by atoms with van der Waals surface area (Å²) < 4.78 is 28.3. The van der Waals surface area contributed by atoms with Gasteiger partial charge in [0, 0.05) is 19.3 Å². The first-order valence-electron chi connectivity index (χ1n) is 30.2. The van der Waals surface area contributed by atoms with Crippen molar-refractivity contribution in [1.29, 1.82) is 0 Å². The van der Waals surface area contributed by atoms with Crippen LogP contribution in [0.15, 0.2) is 97.2 Å². The number of esters is 3. The first-order chi connectivity index (χ1) is 37.6. The third-order valence-corrected chi connectivity index (χ3v) is 13.1. The normalized spacial score (nSPS) is 18.7. The van der Waals surface area contributed by atoms with E-state index >= 15 is 0 Å². The molecule has 6 atom stereocenters. The van der Waals surface area contributed by atoms with Crippen molar-refractivity contribution >= 4 is 23.9 Å². The molecule has 0 spiro atoms. The van der Waals surface area contributed by atoms with Crippen molar-refractivity contribution in [2.24, 2.45) is 0 Å². The summed E-state index contributed by atoms with van der Waals surface area (Å²) in [7, 11) is 0.